The van der Waals surface area contributed by atoms with Crippen LogP contribution in [0.1, 0.15) is 29.7 Å². The van der Waals surface area contributed by atoms with Crippen LogP contribution in [0.2, 0.25) is 5.02 Å². The Labute approximate surface area is 168 Å². The molecule has 1 N–H and O–H groups in total. The lowest BCUT2D eigenvalue weighted by molar-refractivity contribution is 0.281. The first kappa shape index (κ1) is 20.5. The molecule has 0 saturated carbocycles. The summed E-state index contributed by atoms with van der Waals surface area (Å²) in [7, 11) is 3.77. The van der Waals surface area contributed by atoms with Crippen molar-refractivity contribution in [2.24, 2.45) is 0 Å². The van der Waals surface area contributed by atoms with Crippen LogP contribution in [0.25, 0.3) is 11.0 Å². The van der Waals surface area contributed by atoms with Crippen LogP contribution in [-0.4, -0.2) is 25.5 Å². The lowest BCUT2D eigenvalue weighted by Gasteiger charge is -2.26. The molecule has 0 bridgehead atoms. The van der Waals surface area contributed by atoms with Crippen molar-refractivity contribution in [3.05, 3.63) is 80.4 Å². The Morgan fingerprint density at radius 1 is 1.21 bits per heavy atom. The molecule has 0 unspecified atom stereocenters. The topological polar surface area (TPSA) is 45.5 Å². The van der Waals surface area contributed by atoms with Crippen LogP contribution in [0.3, 0.4) is 0 Å². The normalized spacial score (nSPS) is 12.6. The summed E-state index contributed by atoms with van der Waals surface area (Å²) >= 11 is 6.24. The van der Waals surface area contributed by atoms with Crippen LogP contribution in [-0.2, 0) is 13.0 Å². The Bertz CT molecular complexity index is 1010. The van der Waals surface area contributed by atoms with Gasteiger partial charge in [-0.1, -0.05) is 36.7 Å². The highest BCUT2D eigenvalue weighted by Gasteiger charge is 2.21. The van der Waals surface area contributed by atoms with Gasteiger partial charge in [-0.25, -0.2) is 9.18 Å². The molecular formula is C22H24ClFN2O2. The fourth-order valence-electron chi connectivity index (χ4n) is 3.36. The van der Waals surface area contributed by atoms with E-state index in [1.165, 1.54) is 12.1 Å². The SMILES string of the molecule is CCc1ccc2c(CNC[C@H](c3c(F)cccc3Cl)N(C)C)cc(=O)oc2c1. The van der Waals surface area contributed by atoms with Crippen molar-refractivity contribution in [3.8, 4) is 0 Å². The highest BCUT2D eigenvalue weighted by Crippen LogP contribution is 2.28. The van der Waals surface area contributed by atoms with E-state index in [1.807, 2.05) is 37.2 Å². The first-order chi connectivity index (χ1) is 13.4. The van der Waals surface area contributed by atoms with Gasteiger partial charge in [-0.2, -0.15) is 0 Å². The summed E-state index contributed by atoms with van der Waals surface area (Å²) < 4.78 is 19.7. The standard InChI is InChI=1S/C22H24ClFN2O2/c1-4-14-8-9-16-15(11-21(27)28-20(16)10-14)12-25-13-19(26(2)3)22-17(23)6-5-7-18(22)24/h5-11,19,25H,4,12-13H2,1-3H3/t19-/m1/s1. The van der Waals surface area contributed by atoms with Crippen molar-refractivity contribution < 1.29 is 8.81 Å². The second kappa shape index (κ2) is 8.86. The zero-order chi connectivity index (χ0) is 20.3. The summed E-state index contributed by atoms with van der Waals surface area (Å²) in [5.41, 5.74) is 2.64. The van der Waals surface area contributed by atoms with E-state index < -0.39 is 0 Å². The molecule has 0 aliphatic rings. The first-order valence-corrected chi connectivity index (χ1v) is 9.65. The number of hydrogen-bond donors (Lipinski definition) is 1. The number of rotatable bonds is 7. The van der Waals surface area contributed by atoms with E-state index in [4.69, 9.17) is 16.0 Å². The summed E-state index contributed by atoms with van der Waals surface area (Å²) in [5.74, 6) is -0.328. The third-order valence-corrected chi connectivity index (χ3v) is 5.24. The van der Waals surface area contributed by atoms with Crippen LogP contribution < -0.4 is 10.9 Å². The number of nitrogens with one attached hydrogen (secondary N) is 1. The van der Waals surface area contributed by atoms with Crippen molar-refractivity contribution in [2.45, 2.75) is 25.9 Å². The van der Waals surface area contributed by atoms with E-state index in [2.05, 4.69) is 12.2 Å². The van der Waals surface area contributed by atoms with Crippen molar-refractivity contribution >= 4 is 22.6 Å². The highest BCUT2D eigenvalue weighted by molar-refractivity contribution is 6.31. The Balaban J connectivity index is 1.82. The zero-order valence-corrected chi connectivity index (χ0v) is 17.0. The number of halogens is 2. The van der Waals surface area contributed by atoms with E-state index in [0.29, 0.717) is 29.3 Å². The summed E-state index contributed by atoms with van der Waals surface area (Å²) in [6.45, 7) is 2.99. The molecule has 0 spiro atoms. The third kappa shape index (κ3) is 4.43. The Morgan fingerprint density at radius 2 is 2.00 bits per heavy atom. The van der Waals surface area contributed by atoms with Gasteiger partial charge in [-0.15, -0.1) is 0 Å². The number of nitrogens with zero attached hydrogens (tertiary/aromatic N) is 1. The molecule has 148 valence electrons. The van der Waals surface area contributed by atoms with Crippen molar-refractivity contribution in [1.82, 2.24) is 10.2 Å². The van der Waals surface area contributed by atoms with Gasteiger partial charge in [0.1, 0.15) is 11.4 Å². The van der Waals surface area contributed by atoms with Crippen LogP contribution in [0.15, 0.2) is 51.7 Å². The molecule has 0 radical (unpaired) electrons. The summed E-state index contributed by atoms with van der Waals surface area (Å²) in [6, 6.07) is 11.9. The van der Waals surface area contributed by atoms with Crippen molar-refractivity contribution in [3.63, 3.8) is 0 Å². The fraction of sp³-hybridized carbons (Fsp3) is 0.318. The molecule has 0 fully saturated rings. The predicted molar refractivity (Wildman–Crippen MR) is 111 cm³/mol. The van der Waals surface area contributed by atoms with Gasteiger partial charge in [-0.05, 0) is 49.8 Å². The number of aryl methyl sites for hydroxylation is 1. The lowest BCUT2D eigenvalue weighted by atomic mass is 10.0. The number of benzene rings is 2. The van der Waals surface area contributed by atoms with Gasteiger partial charge in [0.25, 0.3) is 0 Å². The number of fused-ring (bicyclic) bond motifs is 1. The molecule has 3 aromatic rings. The Kier molecular flexibility index (Phi) is 6.50. The van der Waals surface area contributed by atoms with E-state index in [1.54, 1.807) is 12.1 Å². The quantitative estimate of drug-likeness (QED) is 0.589. The van der Waals surface area contributed by atoms with Crippen LogP contribution in [0, 0.1) is 5.82 Å². The molecule has 1 heterocycles. The van der Waals surface area contributed by atoms with E-state index in [9.17, 15) is 9.18 Å². The smallest absolute Gasteiger partial charge is 0.336 e. The van der Waals surface area contributed by atoms with Gasteiger partial charge < -0.3 is 14.6 Å². The Hall–Kier alpha value is -2.21. The molecule has 28 heavy (non-hydrogen) atoms. The molecule has 0 saturated heterocycles. The molecule has 0 aliphatic heterocycles. The van der Waals surface area contributed by atoms with Gasteiger partial charge in [0.15, 0.2) is 0 Å². The van der Waals surface area contributed by atoms with Crippen LogP contribution in [0.4, 0.5) is 4.39 Å². The summed E-state index contributed by atoms with van der Waals surface area (Å²) in [5, 5.41) is 4.64. The van der Waals surface area contributed by atoms with E-state index >= 15 is 0 Å². The number of hydrogen-bond acceptors (Lipinski definition) is 4. The highest BCUT2D eigenvalue weighted by atomic mass is 35.5. The summed E-state index contributed by atoms with van der Waals surface area (Å²) in [4.78, 5) is 13.9. The van der Waals surface area contributed by atoms with Crippen LogP contribution >= 0.6 is 11.6 Å². The van der Waals surface area contributed by atoms with E-state index in [-0.39, 0.29) is 17.5 Å². The largest absolute Gasteiger partial charge is 0.423 e. The fourth-order valence-corrected chi connectivity index (χ4v) is 3.64. The average Bonchev–Trinajstić information content (AvgIpc) is 2.65. The van der Waals surface area contributed by atoms with Crippen molar-refractivity contribution in [1.29, 1.82) is 0 Å². The van der Waals surface area contributed by atoms with Gasteiger partial charge in [0.05, 0.1) is 6.04 Å². The predicted octanol–water partition coefficient (Wildman–Crippen LogP) is 4.54. The molecule has 3 rings (SSSR count). The second-order valence-electron chi connectivity index (χ2n) is 7.02. The average molecular weight is 403 g/mol. The maximum atomic E-state index is 14.4. The van der Waals surface area contributed by atoms with Gasteiger partial charge in [0.2, 0.25) is 0 Å². The van der Waals surface area contributed by atoms with Gasteiger partial charge >= 0.3 is 5.63 Å². The molecule has 2 aromatic carbocycles. The number of likely N-dealkylation sites (N-methyl/N-ethyl adjacent to an activating group) is 1. The minimum Gasteiger partial charge on any atom is -0.423 e. The van der Waals surface area contributed by atoms with E-state index in [0.717, 1.165) is 22.9 Å². The molecule has 1 atom stereocenters. The summed E-state index contributed by atoms with van der Waals surface area (Å²) in [6.07, 6.45) is 0.871. The van der Waals surface area contributed by atoms with Crippen molar-refractivity contribution in [2.75, 3.05) is 20.6 Å². The first-order valence-electron chi connectivity index (χ1n) is 9.27. The third-order valence-electron chi connectivity index (χ3n) is 4.91. The molecular weight excluding hydrogens is 379 g/mol. The van der Waals surface area contributed by atoms with Gasteiger partial charge in [-0.3, -0.25) is 0 Å². The zero-order valence-electron chi connectivity index (χ0n) is 16.3. The molecule has 6 heteroatoms. The maximum Gasteiger partial charge on any atom is 0.336 e. The molecule has 4 nitrogen and oxygen atoms in total. The minimum atomic E-state index is -0.376. The van der Waals surface area contributed by atoms with Gasteiger partial charge in [0, 0.05) is 35.1 Å². The molecule has 1 aromatic heterocycles. The monoisotopic (exact) mass is 402 g/mol. The maximum absolute atomic E-state index is 14.4. The minimum absolute atomic E-state index is 0.244. The molecule has 0 aliphatic carbocycles. The Morgan fingerprint density at radius 3 is 2.68 bits per heavy atom. The second-order valence-corrected chi connectivity index (χ2v) is 7.43. The molecule has 0 amide bonds. The van der Waals surface area contributed by atoms with Crippen LogP contribution in [0.5, 0.6) is 0 Å². The lowest BCUT2D eigenvalue weighted by Crippen LogP contribution is -2.32.